The molecule has 49 heavy (non-hydrogen) atoms. The van der Waals surface area contributed by atoms with Gasteiger partial charge in [-0.25, -0.2) is 0 Å². The quantitative estimate of drug-likeness (QED) is 0.176. The molecule has 10 heteroatoms. The van der Waals surface area contributed by atoms with Gasteiger partial charge in [-0.1, -0.05) is 68.9 Å². The molecule has 4 saturated carbocycles. The first-order valence-corrected chi connectivity index (χ1v) is 20.3. The van der Waals surface area contributed by atoms with E-state index in [1.807, 2.05) is 0 Å². The summed E-state index contributed by atoms with van der Waals surface area (Å²) in [6.07, 6.45) is 23.9. The van der Waals surface area contributed by atoms with Crippen LogP contribution in [-0.4, -0.2) is 55.4 Å². The zero-order valence-corrected chi connectivity index (χ0v) is 30.0. The minimum absolute atomic E-state index is 0. The Labute approximate surface area is 305 Å². The zero-order chi connectivity index (χ0) is 31.6. The van der Waals surface area contributed by atoms with Gasteiger partial charge in [0.25, 0.3) is 0 Å². The molecular weight excluding hydrogens is 660 g/mol. The Bertz CT molecular complexity index is 1260. The molecule has 0 amide bonds. The van der Waals surface area contributed by atoms with Crippen molar-refractivity contribution in [2.45, 2.75) is 152 Å². The minimum Gasteiger partial charge on any atom is -0.374 e. The summed E-state index contributed by atoms with van der Waals surface area (Å²) in [4.78, 5) is 0. The Morgan fingerprint density at radius 1 is 0.490 bits per heavy atom. The minimum atomic E-state index is 0. The Morgan fingerprint density at radius 3 is 1.49 bits per heavy atom. The molecule has 1 aromatic carbocycles. The number of benzene rings is 1. The van der Waals surface area contributed by atoms with Crippen molar-refractivity contribution in [1.29, 1.82) is 0 Å². The van der Waals surface area contributed by atoms with Crippen molar-refractivity contribution in [3.05, 3.63) is 42.3 Å². The third-order valence-corrected chi connectivity index (χ3v) is 14.9. The van der Waals surface area contributed by atoms with Crippen LogP contribution < -0.4 is 42.5 Å². The standard InChI is InChI=1S/C39H61N8O.Cu/c1-2-10-22(11-3-1)21-48-23-18-19-30-31(20-23)39-46-37-29-17-9-8-16-28(29)35(44-37)42-33-25-13-5-4-12-24(25)32(40-33)41-34-26-14-6-7-15-27(26)36(43-34)45-38(30)47-39;/h1-3,10-11,16,23-47H,4-9,12-15,17-21H2;/q-1;+1. The van der Waals surface area contributed by atoms with Crippen LogP contribution in [0.1, 0.15) is 95.5 Å². The molecule has 274 valence electrons. The zero-order valence-electron chi connectivity index (χ0n) is 29.1. The second kappa shape index (κ2) is 14.7. The van der Waals surface area contributed by atoms with E-state index in [-0.39, 0.29) is 23.2 Å². The van der Waals surface area contributed by atoms with Crippen LogP contribution in [0.15, 0.2) is 30.3 Å². The van der Waals surface area contributed by atoms with Crippen LogP contribution in [-0.2, 0) is 28.4 Å². The second-order valence-electron chi connectivity index (χ2n) is 17.3. The van der Waals surface area contributed by atoms with E-state index in [0.29, 0.717) is 103 Å². The summed E-state index contributed by atoms with van der Waals surface area (Å²) in [7, 11) is 0. The Balaban J connectivity index is 0.00000325. The molecule has 0 spiro atoms. The van der Waals surface area contributed by atoms with Crippen molar-refractivity contribution in [3.8, 4) is 0 Å². The normalized spacial score (nSPS) is 50.4. The summed E-state index contributed by atoms with van der Waals surface area (Å²) >= 11 is 0. The molecule has 10 rings (SSSR count). The van der Waals surface area contributed by atoms with Crippen LogP contribution in [0.2, 0.25) is 0 Å². The summed E-state index contributed by atoms with van der Waals surface area (Å²) < 4.78 is 6.64. The summed E-state index contributed by atoms with van der Waals surface area (Å²) in [6.45, 7) is 0.717. The van der Waals surface area contributed by atoms with Crippen LogP contribution >= 0.6 is 0 Å². The molecule has 5 saturated heterocycles. The fraction of sp³-hybridized carbons (Fsp3) is 0.821. The predicted molar refractivity (Wildman–Crippen MR) is 187 cm³/mol. The summed E-state index contributed by atoms with van der Waals surface area (Å²) in [5, 5.41) is 33.9. The van der Waals surface area contributed by atoms with Crippen LogP contribution in [0.5, 0.6) is 0 Å². The van der Waals surface area contributed by atoms with Gasteiger partial charge in [0, 0.05) is 6.17 Å². The van der Waals surface area contributed by atoms with Crippen LogP contribution in [0.4, 0.5) is 0 Å². The van der Waals surface area contributed by atoms with E-state index in [1.54, 1.807) is 0 Å². The fourth-order valence-corrected chi connectivity index (χ4v) is 12.6. The van der Waals surface area contributed by atoms with Gasteiger partial charge in [-0.3, -0.25) is 42.5 Å². The van der Waals surface area contributed by atoms with Gasteiger partial charge in [0.15, 0.2) is 0 Å². The third kappa shape index (κ3) is 6.51. The van der Waals surface area contributed by atoms with Crippen molar-refractivity contribution >= 4 is 0 Å². The average molecular weight is 722 g/mol. The second-order valence-corrected chi connectivity index (χ2v) is 17.3. The summed E-state index contributed by atoms with van der Waals surface area (Å²) in [5.74, 6) is 5.16. The van der Waals surface area contributed by atoms with Gasteiger partial charge in [-0.2, -0.15) is 6.42 Å². The number of hydrogen-bond donors (Lipinski definition) is 8. The van der Waals surface area contributed by atoms with E-state index in [4.69, 9.17) is 4.74 Å². The maximum atomic E-state index is 6.64. The molecule has 4 aliphatic carbocycles. The van der Waals surface area contributed by atoms with E-state index in [2.05, 4.69) is 79.3 Å². The van der Waals surface area contributed by atoms with Gasteiger partial charge >= 0.3 is 17.1 Å². The molecule has 0 aromatic heterocycles. The summed E-state index contributed by atoms with van der Waals surface area (Å²) in [6, 6.07) is 10.7. The van der Waals surface area contributed by atoms with Gasteiger partial charge < -0.3 is 11.2 Å². The predicted octanol–water partition coefficient (Wildman–Crippen LogP) is 3.61. The van der Waals surface area contributed by atoms with Gasteiger partial charge in [0.2, 0.25) is 0 Å². The van der Waals surface area contributed by atoms with Gasteiger partial charge in [0.1, 0.15) is 0 Å². The molecule has 8 bridgehead atoms. The number of fused-ring (bicyclic) bond motifs is 20. The van der Waals surface area contributed by atoms with Crippen LogP contribution in [0.25, 0.3) is 0 Å². The number of nitrogens with one attached hydrogen (secondary N) is 8. The van der Waals surface area contributed by atoms with E-state index in [9.17, 15) is 0 Å². The Morgan fingerprint density at radius 2 is 0.939 bits per heavy atom. The first-order valence-electron chi connectivity index (χ1n) is 20.3. The van der Waals surface area contributed by atoms with Crippen molar-refractivity contribution in [2.75, 3.05) is 0 Å². The molecule has 17 atom stereocenters. The van der Waals surface area contributed by atoms with E-state index in [0.717, 1.165) is 12.8 Å². The Kier molecular flexibility index (Phi) is 10.2. The molecule has 17 unspecified atom stereocenters. The van der Waals surface area contributed by atoms with Gasteiger partial charge in [0.05, 0.1) is 55.9 Å². The van der Waals surface area contributed by atoms with Crippen molar-refractivity contribution in [2.24, 2.45) is 47.3 Å². The van der Waals surface area contributed by atoms with Crippen LogP contribution in [0.3, 0.4) is 0 Å². The van der Waals surface area contributed by atoms with Crippen LogP contribution in [0, 0.1) is 53.8 Å². The maximum absolute atomic E-state index is 6.64. The smallest absolute Gasteiger partial charge is 0.374 e. The molecule has 9 aliphatic rings. The molecule has 5 heterocycles. The molecule has 8 N–H and O–H groups in total. The monoisotopic (exact) mass is 720 g/mol. The van der Waals surface area contributed by atoms with E-state index in [1.165, 1.54) is 82.6 Å². The molecule has 0 radical (unpaired) electrons. The van der Waals surface area contributed by atoms with Gasteiger partial charge in [-0.15, -0.1) is 5.92 Å². The van der Waals surface area contributed by atoms with Crippen molar-refractivity contribution in [1.82, 2.24) is 42.5 Å². The first kappa shape index (κ1) is 34.2. The van der Waals surface area contributed by atoms with Crippen molar-refractivity contribution < 1.29 is 21.8 Å². The molecular formula is C39H61CuN8O. The largest absolute Gasteiger partial charge is 1.00 e. The fourth-order valence-electron chi connectivity index (χ4n) is 12.6. The maximum Gasteiger partial charge on any atom is 1.00 e. The Hall–Kier alpha value is -0.621. The molecule has 5 aliphatic heterocycles. The SMILES string of the molecule is [Cu+].c1ccc(COC2CCC3C4NC(NC5NC(NC6NC(NC7NC(N4)C4CCCCC74)C4CCCCC64)C4[CH-]CCCC54)C3C2)cc1. The van der Waals surface area contributed by atoms with Gasteiger partial charge in [-0.05, 0) is 91.9 Å². The number of hydrogen-bond acceptors (Lipinski definition) is 9. The molecule has 9 fully saturated rings. The van der Waals surface area contributed by atoms with E-state index < -0.39 is 0 Å². The van der Waals surface area contributed by atoms with E-state index >= 15 is 0 Å². The first-order chi connectivity index (χ1) is 23.7. The topological polar surface area (TPSA) is 105 Å². The average Bonchev–Trinajstić information content (AvgIpc) is 3.87. The molecule has 1 aromatic rings. The number of ether oxygens (including phenoxy) is 1. The van der Waals surface area contributed by atoms with Crippen molar-refractivity contribution in [3.63, 3.8) is 0 Å². The molecule has 9 nitrogen and oxygen atoms in total. The number of rotatable bonds is 3. The summed E-state index contributed by atoms with van der Waals surface area (Å²) in [5.41, 5.74) is 1.28. The third-order valence-electron chi connectivity index (χ3n) is 14.9.